The highest BCUT2D eigenvalue weighted by Crippen LogP contribution is 2.36. The lowest BCUT2D eigenvalue weighted by atomic mass is 9.90. The fraction of sp³-hybridized carbons (Fsp3) is 0.585. The second-order valence-electron chi connectivity index (χ2n) is 25.6. The molecule has 94 heavy (non-hydrogen) atoms. The number of aromatic nitrogens is 1. The lowest BCUT2D eigenvalue weighted by molar-refractivity contribution is -0.942. The van der Waals surface area contributed by atoms with Crippen molar-refractivity contribution in [2.24, 2.45) is 17.8 Å². The number of carboxylic acids is 2. The Morgan fingerprint density at radius 3 is 2.18 bits per heavy atom. The maximum Gasteiger partial charge on any atom is 0.407 e. The summed E-state index contributed by atoms with van der Waals surface area (Å²) in [7, 11) is 5.12. The van der Waals surface area contributed by atoms with Crippen molar-refractivity contribution in [1.82, 2.24) is 36.1 Å². The summed E-state index contributed by atoms with van der Waals surface area (Å²) in [5.74, 6) is -8.71. The number of nitrogens with one attached hydrogen (secondary N) is 5. The van der Waals surface area contributed by atoms with Crippen LogP contribution < -0.4 is 31.3 Å². The fourth-order valence-electron chi connectivity index (χ4n) is 12.1. The van der Waals surface area contributed by atoms with Gasteiger partial charge in [0.2, 0.25) is 24.0 Å². The first-order valence-corrected chi connectivity index (χ1v) is 32.5. The number of quaternary nitrogens is 1. The predicted molar refractivity (Wildman–Crippen MR) is 341 cm³/mol. The number of ether oxygens (including phenoxy) is 4. The zero-order chi connectivity index (χ0) is 69.5. The molecule has 15 atom stereocenters. The Morgan fingerprint density at radius 1 is 0.883 bits per heavy atom. The number of carbonyl (C=O) groups excluding carboxylic acids is 8. The number of benzene rings is 2. The second-order valence-corrected chi connectivity index (χ2v) is 26.5. The zero-order valence-electron chi connectivity index (χ0n) is 55.1. The fourth-order valence-corrected chi connectivity index (χ4v) is 13.0. The minimum absolute atomic E-state index is 0.0606. The van der Waals surface area contributed by atoms with Crippen molar-refractivity contribution in [2.45, 2.75) is 186 Å². The van der Waals surface area contributed by atoms with Gasteiger partial charge in [0, 0.05) is 74.6 Å². The van der Waals surface area contributed by atoms with E-state index in [1.165, 1.54) is 30.6 Å². The Hall–Kier alpha value is -7.93. The summed E-state index contributed by atoms with van der Waals surface area (Å²) in [5.41, 5.74) is 0.637. The third kappa shape index (κ3) is 19.6. The van der Waals surface area contributed by atoms with E-state index in [9.17, 15) is 73.5 Å². The molecule has 2 aromatic carbocycles. The number of piperidine rings is 1. The predicted octanol–water partition coefficient (Wildman–Crippen LogP) is 3.42. The van der Waals surface area contributed by atoms with Crippen LogP contribution in [-0.4, -0.2) is 212 Å². The van der Waals surface area contributed by atoms with Crippen molar-refractivity contribution >= 4 is 76.4 Å². The minimum Gasteiger partial charge on any atom is -0.481 e. The van der Waals surface area contributed by atoms with Crippen LogP contribution in [0, 0.1) is 17.8 Å². The minimum atomic E-state index is -2.04. The van der Waals surface area contributed by atoms with Crippen LogP contribution in [0.2, 0.25) is 0 Å². The van der Waals surface area contributed by atoms with Crippen LogP contribution in [0.5, 0.6) is 5.75 Å². The van der Waals surface area contributed by atoms with Gasteiger partial charge in [0.1, 0.15) is 65.1 Å². The molecule has 0 saturated carbocycles. The van der Waals surface area contributed by atoms with E-state index in [0.717, 1.165) is 24.1 Å². The molecular weight excluding hydrogens is 1240 g/mol. The molecule has 4 heterocycles. The van der Waals surface area contributed by atoms with Crippen LogP contribution >= 0.6 is 11.3 Å². The molecule has 29 heteroatoms. The number of carboxylic acid groups (broad SMARTS) is 2. The van der Waals surface area contributed by atoms with Crippen molar-refractivity contribution in [1.29, 1.82) is 0 Å². The molecule has 0 aliphatic carbocycles. The average molecular weight is 1340 g/mol. The number of aliphatic carboxylic acids is 2. The number of methoxy groups -OCH3 is 1. The molecule has 0 spiro atoms. The number of likely N-dealkylation sites (tertiary alicyclic amines) is 1. The highest BCUT2D eigenvalue weighted by Gasteiger charge is 2.49. The van der Waals surface area contributed by atoms with Gasteiger partial charge in [0.25, 0.3) is 23.6 Å². The number of hydrogen-bond donors (Lipinski definition) is 10. The molecule has 0 bridgehead atoms. The number of rotatable bonds is 31. The van der Waals surface area contributed by atoms with Crippen LogP contribution in [0.15, 0.2) is 66.1 Å². The van der Waals surface area contributed by atoms with Crippen LogP contribution in [0.3, 0.4) is 0 Å². The standard InChI is InChI=1S/C65H91N9O19S/c1-12-35(3)50(60(84)72(9)43(13-2)37(5)54(90-11)59-70-42(34-94-59)56(81)68-40(29-36(4)61(85)86)30-38-19-15-14-16-20-38)71-58(83)45-21-17-18-28-74(45,10)33-39-22-23-46(91-63-53(80)51(78)52(79)55(92-63)62(87)88)41(31-39)69-47(75)26-27-66-57(82)44(73-48(76)24-25-49(73)77)32-67-64(89)93-65(6,7)8/h14-16,19-20,22-25,31,34-37,40,43-45,50-55,63,78-80H,12-13,17-18,21,26-30,32-33H2,1-11H3,(H6-,66,67,68,69,71,75,81,82,83,85,86,87,88,89)/p+1/t35-,36-,37?,40+,43+,44?,45+,50-,51-,52-,53+,54?,55-,63+,74?/m0/s1. The number of imide groups is 1. The first-order chi connectivity index (χ1) is 44.3. The van der Waals surface area contributed by atoms with Gasteiger partial charge in [-0.2, -0.15) is 0 Å². The van der Waals surface area contributed by atoms with Crippen molar-refractivity contribution in [3.05, 3.63) is 87.9 Å². The number of alkyl carbamates (subject to hydrolysis) is 1. The van der Waals surface area contributed by atoms with E-state index in [1.54, 1.807) is 51.1 Å². The summed E-state index contributed by atoms with van der Waals surface area (Å²) in [6, 6.07) is 9.82. The van der Waals surface area contributed by atoms with E-state index in [2.05, 4.69) is 26.6 Å². The average Bonchev–Trinajstić information content (AvgIpc) is 1.04. The third-order valence-corrected chi connectivity index (χ3v) is 18.3. The summed E-state index contributed by atoms with van der Waals surface area (Å²) in [5, 5.41) is 67.3. The van der Waals surface area contributed by atoms with Gasteiger partial charge >= 0.3 is 18.0 Å². The number of carbonyl (C=O) groups is 10. The van der Waals surface area contributed by atoms with Gasteiger partial charge in [-0.05, 0) is 82.6 Å². The number of amides is 8. The van der Waals surface area contributed by atoms with Crippen LogP contribution in [0.25, 0.3) is 0 Å². The van der Waals surface area contributed by atoms with E-state index in [1.807, 2.05) is 65.1 Å². The maximum atomic E-state index is 15.0. The van der Waals surface area contributed by atoms with Gasteiger partial charge in [0.05, 0.1) is 31.7 Å². The van der Waals surface area contributed by atoms with E-state index < -0.39 is 139 Å². The normalized spacial score (nSPS) is 23.1. The van der Waals surface area contributed by atoms with Crippen molar-refractivity contribution < 1.29 is 96.9 Å². The number of aliphatic hydroxyl groups is 3. The molecule has 8 amide bonds. The maximum absolute atomic E-state index is 15.0. The third-order valence-electron chi connectivity index (χ3n) is 17.4. The SMILES string of the molecule is CC[C@H](C(C)C(OC)c1nc(C(=O)N[C@@H](Cc2ccccc2)C[C@H](C)C(=O)O)cs1)N(C)C(=O)[C@@H](NC(=O)[C@H]1CCCC[N+]1(C)Cc1ccc(O[C@@H]2O[C@H](C(=O)O)[C@@H](O)[C@H](O)[C@H]2O)c(NC(=O)CCNC(=O)C(CNC(=O)OC(C)(C)C)N2C(=O)C=CC2=O)c1)[C@@H](C)CC. The smallest absolute Gasteiger partial charge is 0.407 e. The number of likely N-dealkylation sites (N-methyl/N-ethyl adjacent to an activating group) is 2. The molecule has 28 nitrogen and oxygen atoms in total. The first-order valence-electron chi connectivity index (χ1n) is 31.6. The van der Waals surface area contributed by atoms with E-state index >= 15 is 0 Å². The topological polar surface area (TPSA) is 388 Å². The molecule has 2 saturated heterocycles. The Kier molecular flexibility index (Phi) is 26.7. The molecular formula is C65H92N9O19S+. The number of thiazole rings is 1. The lowest BCUT2D eigenvalue weighted by Gasteiger charge is -2.45. The molecule has 2 fully saturated rings. The summed E-state index contributed by atoms with van der Waals surface area (Å²) in [4.78, 5) is 140. The molecule has 1 aromatic heterocycles. The number of anilines is 1. The molecule has 10 N–H and O–H groups in total. The summed E-state index contributed by atoms with van der Waals surface area (Å²) in [6.07, 6.45) is -6.63. The molecule has 6 rings (SSSR count). The van der Waals surface area contributed by atoms with Crippen LogP contribution in [0.4, 0.5) is 10.5 Å². The van der Waals surface area contributed by atoms with Gasteiger partial charge in [-0.25, -0.2) is 14.6 Å². The Bertz CT molecular complexity index is 3200. The van der Waals surface area contributed by atoms with E-state index in [-0.39, 0.29) is 64.8 Å². The van der Waals surface area contributed by atoms with Gasteiger partial charge < -0.3 is 80.4 Å². The zero-order valence-corrected chi connectivity index (χ0v) is 55.9. The van der Waals surface area contributed by atoms with Crippen molar-refractivity contribution in [3.8, 4) is 5.75 Å². The molecule has 3 aromatic rings. The van der Waals surface area contributed by atoms with Gasteiger partial charge in [-0.15, -0.1) is 11.3 Å². The molecule has 3 aliphatic rings. The van der Waals surface area contributed by atoms with Crippen LogP contribution in [0.1, 0.15) is 133 Å². The Balaban J connectivity index is 1.19. The Morgan fingerprint density at radius 2 is 1.56 bits per heavy atom. The number of nitrogens with zero attached hydrogens (tertiary/aromatic N) is 4. The number of aliphatic hydroxyl groups excluding tert-OH is 3. The first kappa shape index (κ1) is 75.1. The second kappa shape index (κ2) is 33.4. The van der Waals surface area contributed by atoms with Gasteiger partial charge in [-0.3, -0.25) is 43.3 Å². The highest BCUT2D eigenvalue weighted by atomic mass is 32.1. The van der Waals surface area contributed by atoms with Gasteiger partial charge in [0.15, 0.2) is 12.1 Å². The lowest BCUT2D eigenvalue weighted by Crippen LogP contribution is -2.63. The molecule has 516 valence electrons. The van der Waals surface area contributed by atoms with Crippen LogP contribution in [-0.2, 0) is 65.5 Å². The summed E-state index contributed by atoms with van der Waals surface area (Å²) < 4.78 is 22.8. The quantitative estimate of drug-likeness (QED) is 0.0326. The number of hydrogen-bond acceptors (Lipinski definition) is 19. The molecule has 3 aliphatic heterocycles. The van der Waals surface area contributed by atoms with Crippen molar-refractivity contribution in [3.63, 3.8) is 0 Å². The van der Waals surface area contributed by atoms with Crippen molar-refractivity contribution in [2.75, 3.05) is 46.2 Å². The molecule has 0 radical (unpaired) electrons. The summed E-state index contributed by atoms with van der Waals surface area (Å²) >= 11 is 1.23. The Labute approximate surface area is 550 Å². The van der Waals surface area contributed by atoms with Gasteiger partial charge in [-0.1, -0.05) is 71.4 Å². The molecule has 4 unspecified atom stereocenters. The summed E-state index contributed by atoms with van der Waals surface area (Å²) in [6.45, 7) is 13.9. The largest absolute Gasteiger partial charge is 0.481 e. The highest BCUT2D eigenvalue weighted by molar-refractivity contribution is 7.09. The van der Waals surface area contributed by atoms with E-state index in [0.29, 0.717) is 54.1 Å². The van der Waals surface area contributed by atoms with E-state index in [4.69, 9.17) is 23.9 Å². The monoisotopic (exact) mass is 1330 g/mol.